The third-order valence-electron chi connectivity index (χ3n) is 1.68. The average Bonchev–Trinajstić information content (AvgIpc) is 2.43. The summed E-state index contributed by atoms with van der Waals surface area (Å²) in [4.78, 5) is 21.6. The number of nitrogens with two attached hydrogens (primary N) is 1. The Hall–Kier alpha value is -1.36. The predicted octanol–water partition coefficient (Wildman–Crippen LogP) is 1.04. The van der Waals surface area contributed by atoms with Crippen LogP contribution in [0.15, 0.2) is 5.38 Å². The zero-order valence-corrected chi connectivity index (χ0v) is 7.98. The van der Waals surface area contributed by atoms with Gasteiger partial charge in [-0.2, -0.15) is 0 Å². The van der Waals surface area contributed by atoms with Gasteiger partial charge in [0.05, 0.1) is 4.88 Å². The molecule has 1 rings (SSSR count). The lowest BCUT2D eigenvalue weighted by atomic mass is 10.2. The minimum atomic E-state index is -0.581. The van der Waals surface area contributed by atoms with E-state index in [9.17, 15) is 9.59 Å². The van der Waals surface area contributed by atoms with Crippen molar-refractivity contribution < 1.29 is 9.59 Å². The minimum absolute atomic E-state index is 0.318. The minimum Gasteiger partial charge on any atom is -0.352 e. The Balaban J connectivity index is 2.79. The van der Waals surface area contributed by atoms with Crippen LogP contribution in [-0.4, -0.2) is 12.3 Å². The van der Waals surface area contributed by atoms with E-state index in [1.54, 1.807) is 0 Å². The number of amides is 2. The molecule has 0 bridgehead atoms. The highest BCUT2D eigenvalue weighted by Gasteiger charge is 2.07. The van der Waals surface area contributed by atoms with Crippen LogP contribution in [0.4, 0.5) is 4.79 Å². The molecule has 3 N–H and O–H groups in total. The molecule has 1 heterocycles. The molecule has 0 aliphatic heterocycles. The summed E-state index contributed by atoms with van der Waals surface area (Å²) in [6.45, 7) is 2.21. The summed E-state index contributed by atoms with van der Waals surface area (Å²) in [7, 11) is 0. The Morgan fingerprint density at radius 2 is 2.46 bits per heavy atom. The first-order chi connectivity index (χ1) is 6.15. The lowest BCUT2D eigenvalue weighted by Gasteiger charge is -2.01. The Bertz CT molecular complexity index is 333. The fraction of sp³-hybridized carbons (Fsp3) is 0.250. The largest absolute Gasteiger partial charge is 0.352 e. The topological polar surface area (TPSA) is 72.2 Å². The SMILES string of the molecule is Cc1csc(C=O)c1CNC(N)=O. The van der Waals surface area contributed by atoms with Crippen LogP contribution in [0.3, 0.4) is 0 Å². The van der Waals surface area contributed by atoms with Gasteiger partial charge in [0.25, 0.3) is 0 Å². The molecule has 0 atom stereocenters. The van der Waals surface area contributed by atoms with Crippen LogP contribution in [-0.2, 0) is 6.54 Å². The van der Waals surface area contributed by atoms with Crippen molar-refractivity contribution in [2.75, 3.05) is 0 Å². The van der Waals surface area contributed by atoms with E-state index in [0.29, 0.717) is 11.4 Å². The van der Waals surface area contributed by atoms with Crippen molar-refractivity contribution in [2.45, 2.75) is 13.5 Å². The van der Waals surface area contributed by atoms with E-state index in [-0.39, 0.29) is 0 Å². The van der Waals surface area contributed by atoms with E-state index in [4.69, 9.17) is 5.73 Å². The van der Waals surface area contributed by atoms with Crippen LogP contribution in [0.5, 0.6) is 0 Å². The number of rotatable bonds is 3. The lowest BCUT2D eigenvalue weighted by Crippen LogP contribution is -2.29. The zero-order chi connectivity index (χ0) is 9.84. The molecule has 2 amide bonds. The van der Waals surface area contributed by atoms with E-state index in [1.807, 2.05) is 12.3 Å². The molecule has 0 aromatic carbocycles. The molecule has 4 nitrogen and oxygen atoms in total. The number of thiophene rings is 1. The molecule has 0 fully saturated rings. The average molecular weight is 198 g/mol. The van der Waals surface area contributed by atoms with Crippen LogP contribution in [0, 0.1) is 6.92 Å². The highest BCUT2D eigenvalue weighted by atomic mass is 32.1. The number of hydrogen-bond acceptors (Lipinski definition) is 3. The number of carbonyl (C=O) groups is 2. The van der Waals surface area contributed by atoms with Crippen molar-refractivity contribution in [3.8, 4) is 0 Å². The summed E-state index contributed by atoms with van der Waals surface area (Å²) in [6.07, 6.45) is 0.787. The van der Waals surface area contributed by atoms with Crippen molar-refractivity contribution in [1.29, 1.82) is 0 Å². The van der Waals surface area contributed by atoms with Gasteiger partial charge in [0.2, 0.25) is 0 Å². The van der Waals surface area contributed by atoms with Gasteiger partial charge >= 0.3 is 6.03 Å². The molecule has 1 aromatic rings. The number of aryl methyl sites for hydroxylation is 1. The fourth-order valence-electron chi connectivity index (χ4n) is 0.989. The van der Waals surface area contributed by atoms with Crippen LogP contribution in [0.1, 0.15) is 20.8 Å². The summed E-state index contributed by atoms with van der Waals surface area (Å²) >= 11 is 1.37. The second-order valence-corrected chi connectivity index (χ2v) is 3.51. The Labute approximate surface area is 79.7 Å². The molecule has 0 aliphatic rings. The maximum absolute atomic E-state index is 10.6. The van der Waals surface area contributed by atoms with Crippen molar-refractivity contribution in [2.24, 2.45) is 5.73 Å². The molecule has 0 aliphatic carbocycles. The molecule has 5 heteroatoms. The smallest absolute Gasteiger partial charge is 0.312 e. The van der Waals surface area contributed by atoms with Crippen molar-refractivity contribution >= 4 is 23.7 Å². The Morgan fingerprint density at radius 3 is 3.00 bits per heavy atom. The van der Waals surface area contributed by atoms with E-state index < -0.39 is 6.03 Å². The van der Waals surface area contributed by atoms with Crippen molar-refractivity contribution in [3.63, 3.8) is 0 Å². The zero-order valence-electron chi connectivity index (χ0n) is 7.16. The quantitative estimate of drug-likeness (QED) is 0.712. The van der Waals surface area contributed by atoms with Crippen LogP contribution in [0.25, 0.3) is 0 Å². The first-order valence-corrected chi connectivity index (χ1v) is 4.58. The molecule has 13 heavy (non-hydrogen) atoms. The second kappa shape index (κ2) is 4.04. The van der Waals surface area contributed by atoms with Gasteiger partial charge in [-0.25, -0.2) is 4.79 Å². The number of hydrogen-bond donors (Lipinski definition) is 2. The number of urea groups is 1. The highest BCUT2D eigenvalue weighted by Crippen LogP contribution is 2.19. The molecular formula is C8H10N2O2S. The van der Waals surface area contributed by atoms with Gasteiger partial charge < -0.3 is 11.1 Å². The van der Waals surface area contributed by atoms with Crippen LogP contribution in [0.2, 0.25) is 0 Å². The van der Waals surface area contributed by atoms with Crippen molar-refractivity contribution in [1.82, 2.24) is 5.32 Å². The standard InChI is InChI=1S/C8H10N2O2S/c1-5-4-13-7(3-11)6(5)2-10-8(9)12/h3-4H,2H2,1H3,(H3,9,10,12). The summed E-state index contributed by atoms with van der Waals surface area (Å²) < 4.78 is 0. The molecule has 0 spiro atoms. The molecule has 70 valence electrons. The molecular weight excluding hydrogens is 188 g/mol. The van der Waals surface area contributed by atoms with Gasteiger partial charge in [-0.1, -0.05) is 0 Å². The van der Waals surface area contributed by atoms with Gasteiger partial charge in [0.15, 0.2) is 6.29 Å². The van der Waals surface area contributed by atoms with Gasteiger partial charge in [0.1, 0.15) is 0 Å². The molecule has 1 aromatic heterocycles. The predicted molar refractivity (Wildman–Crippen MR) is 50.9 cm³/mol. The fourth-order valence-corrected chi connectivity index (χ4v) is 1.87. The maximum atomic E-state index is 10.6. The number of primary amides is 1. The molecule has 0 unspecified atom stereocenters. The van der Waals surface area contributed by atoms with E-state index in [2.05, 4.69) is 5.32 Å². The summed E-state index contributed by atoms with van der Waals surface area (Å²) in [5, 5.41) is 4.33. The van der Waals surface area contributed by atoms with E-state index in [0.717, 1.165) is 17.4 Å². The Morgan fingerprint density at radius 1 is 1.77 bits per heavy atom. The highest BCUT2D eigenvalue weighted by molar-refractivity contribution is 7.12. The van der Waals surface area contributed by atoms with Crippen LogP contribution >= 0.6 is 11.3 Å². The number of carbonyl (C=O) groups excluding carboxylic acids is 2. The monoisotopic (exact) mass is 198 g/mol. The maximum Gasteiger partial charge on any atom is 0.312 e. The second-order valence-electron chi connectivity index (χ2n) is 2.60. The normalized spacial score (nSPS) is 9.62. The first kappa shape index (κ1) is 9.73. The van der Waals surface area contributed by atoms with Gasteiger partial charge in [-0.05, 0) is 23.4 Å². The Kier molecular flexibility index (Phi) is 3.02. The van der Waals surface area contributed by atoms with Gasteiger partial charge in [-0.3, -0.25) is 4.79 Å². The number of aldehydes is 1. The molecule has 0 saturated heterocycles. The third kappa shape index (κ3) is 2.29. The van der Waals surface area contributed by atoms with Crippen LogP contribution < -0.4 is 11.1 Å². The van der Waals surface area contributed by atoms with Crippen molar-refractivity contribution in [3.05, 3.63) is 21.4 Å². The molecule has 0 saturated carbocycles. The summed E-state index contributed by atoms with van der Waals surface area (Å²) in [6, 6.07) is -0.581. The first-order valence-electron chi connectivity index (χ1n) is 3.70. The molecule has 0 radical (unpaired) electrons. The van der Waals surface area contributed by atoms with E-state index >= 15 is 0 Å². The van der Waals surface area contributed by atoms with Gasteiger partial charge in [-0.15, -0.1) is 11.3 Å². The lowest BCUT2D eigenvalue weighted by molar-refractivity contribution is 0.112. The van der Waals surface area contributed by atoms with Gasteiger partial charge in [0, 0.05) is 6.54 Å². The third-order valence-corrected chi connectivity index (χ3v) is 2.75. The summed E-state index contributed by atoms with van der Waals surface area (Å²) in [5.74, 6) is 0. The number of nitrogens with one attached hydrogen (secondary N) is 1. The van der Waals surface area contributed by atoms with E-state index in [1.165, 1.54) is 11.3 Å². The summed E-state index contributed by atoms with van der Waals surface area (Å²) in [5.41, 5.74) is 6.76.